The number of amides is 1. The lowest BCUT2D eigenvalue weighted by atomic mass is 10.1. The fraction of sp³-hybridized carbons (Fsp3) is 0.417. The Morgan fingerprint density at radius 2 is 1.81 bits per heavy atom. The molecule has 8 nitrogen and oxygen atoms in total. The highest BCUT2D eigenvalue weighted by atomic mass is 35.5. The summed E-state index contributed by atoms with van der Waals surface area (Å²) in [6.07, 6.45) is 0.131. The predicted molar refractivity (Wildman–Crippen MR) is 75.7 cm³/mol. The van der Waals surface area contributed by atoms with Crippen LogP contribution in [0, 0.1) is 33.1 Å². The first-order valence-corrected chi connectivity index (χ1v) is 6.68. The molecule has 0 aromatic heterocycles. The van der Waals surface area contributed by atoms with Gasteiger partial charge in [0.25, 0.3) is 11.4 Å². The van der Waals surface area contributed by atoms with Crippen molar-refractivity contribution in [2.24, 2.45) is 5.92 Å². The number of carbonyl (C=O) groups is 1. The number of benzene rings is 1. The monoisotopic (exact) mass is 313 g/mol. The van der Waals surface area contributed by atoms with E-state index in [4.69, 9.17) is 11.6 Å². The van der Waals surface area contributed by atoms with E-state index in [1.807, 2.05) is 0 Å². The van der Waals surface area contributed by atoms with Gasteiger partial charge in [-0.15, -0.1) is 11.6 Å². The van der Waals surface area contributed by atoms with E-state index < -0.39 is 27.1 Å². The lowest BCUT2D eigenvalue weighted by Gasteiger charge is -2.16. The van der Waals surface area contributed by atoms with Gasteiger partial charge < -0.3 is 4.90 Å². The van der Waals surface area contributed by atoms with E-state index in [1.54, 1.807) is 0 Å². The number of nitrogens with zero attached hydrogens (tertiary/aromatic N) is 3. The van der Waals surface area contributed by atoms with Gasteiger partial charge in [-0.1, -0.05) is 0 Å². The maximum atomic E-state index is 12.0. The molecular weight excluding hydrogens is 302 g/mol. The van der Waals surface area contributed by atoms with Crippen molar-refractivity contribution in [3.05, 3.63) is 37.9 Å². The van der Waals surface area contributed by atoms with Gasteiger partial charge >= 0.3 is 0 Å². The van der Waals surface area contributed by atoms with Crippen LogP contribution in [0.25, 0.3) is 0 Å². The van der Waals surface area contributed by atoms with E-state index in [1.165, 1.54) is 19.1 Å². The van der Waals surface area contributed by atoms with Crippen molar-refractivity contribution in [2.45, 2.75) is 13.3 Å². The fourth-order valence-corrected chi connectivity index (χ4v) is 2.60. The largest absolute Gasteiger partial charge is 0.300 e. The number of alkyl halides is 1. The van der Waals surface area contributed by atoms with E-state index in [2.05, 4.69) is 0 Å². The van der Waals surface area contributed by atoms with Crippen LogP contribution in [0.2, 0.25) is 0 Å². The minimum Gasteiger partial charge on any atom is -0.300 e. The molecule has 0 radical (unpaired) electrons. The van der Waals surface area contributed by atoms with Crippen LogP contribution < -0.4 is 4.90 Å². The minimum absolute atomic E-state index is 0.131. The van der Waals surface area contributed by atoms with E-state index >= 15 is 0 Å². The third-order valence-corrected chi connectivity index (χ3v) is 3.74. The smallest absolute Gasteiger partial charge is 0.300 e. The van der Waals surface area contributed by atoms with Crippen molar-refractivity contribution < 1.29 is 14.6 Å². The number of carbonyl (C=O) groups excluding carboxylic acids is 1. The molecule has 1 unspecified atom stereocenters. The second kappa shape index (κ2) is 5.65. The third-order valence-electron chi connectivity index (χ3n) is 3.30. The van der Waals surface area contributed by atoms with Crippen molar-refractivity contribution in [2.75, 3.05) is 17.3 Å². The number of aryl methyl sites for hydroxylation is 1. The summed E-state index contributed by atoms with van der Waals surface area (Å²) in [5.74, 6) is -0.342. The average molecular weight is 314 g/mol. The Hall–Kier alpha value is -2.22. The van der Waals surface area contributed by atoms with Crippen LogP contribution in [-0.4, -0.2) is 28.2 Å². The molecule has 1 aliphatic rings. The molecule has 9 heteroatoms. The normalized spacial score (nSPS) is 18.1. The number of hydrogen-bond donors (Lipinski definition) is 0. The summed E-state index contributed by atoms with van der Waals surface area (Å²) in [6.45, 7) is 1.67. The van der Waals surface area contributed by atoms with Gasteiger partial charge in [0.2, 0.25) is 11.6 Å². The van der Waals surface area contributed by atoms with Crippen molar-refractivity contribution in [1.29, 1.82) is 0 Å². The van der Waals surface area contributed by atoms with Crippen LogP contribution in [0.3, 0.4) is 0 Å². The average Bonchev–Trinajstić information content (AvgIpc) is 2.78. The molecule has 1 aromatic carbocycles. The highest BCUT2D eigenvalue weighted by molar-refractivity contribution is 6.18. The molecule has 1 fully saturated rings. The maximum Gasteiger partial charge on any atom is 0.300 e. The van der Waals surface area contributed by atoms with Crippen LogP contribution in [-0.2, 0) is 4.79 Å². The molecular formula is C12H12ClN3O5. The van der Waals surface area contributed by atoms with Gasteiger partial charge in [0, 0.05) is 31.0 Å². The number of anilines is 1. The van der Waals surface area contributed by atoms with Gasteiger partial charge in [0.15, 0.2) is 0 Å². The molecule has 1 aromatic rings. The number of rotatable bonds is 4. The van der Waals surface area contributed by atoms with Crippen LogP contribution in [0.4, 0.5) is 17.1 Å². The Balaban J connectivity index is 2.63. The maximum absolute atomic E-state index is 12.0. The molecule has 1 amide bonds. The predicted octanol–water partition coefficient (Wildman–Crippen LogP) is 2.40. The number of hydrogen-bond acceptors (Lipinski definition) is 5. The highest BCUT2D eigenvalue weighted by Gasteiger charge is 2.39. The van der Waals surface area contributed by atoms with Crippen LogP contribution in [0.5, 0.6) is 0 Å². The van der Waals surface area contributed by atoms with Crippen LogP contribution in [0.15, 0.2) is 12.1 Å². The Morgan fingerprint density at radius 3 is 2.19 bits per heavy atom. The molecule has 0 bridgehead atoms. The molecule has 1 saturated heterocycles. The minimum atomic E-state index is -0.712. The Kier molecular flexibility index (Phi) is 4.08. The zero-order valence-electron chi connectivity index (χ0n) is 11.1. The number of nitro benzene ring substituents is 2. The molecule has 0 saturated carbocycles. The molecule has 0 N–H and O–H groups in total. The second-order valence-corrected chi connectivity index (χ2v) is 5.20. The second-order valence-electron chi connectivity index (χ2n) is 4.89. The van der Waals surface area contributed by atoms with Gasteiger partial charge in [-0.2, -0.15) is 0 Å². The quantitative estimate of drug-likeness (QED) is 0.482. The summed E-state index contributed by atoms with van der Waals surface area (Å²) in [6, 6.07) is 2.45. The summed E-state index contributed by atoms with van der Waals surface area (Å²) in [5, 5.41) is 22.4. The first-order chi connectivity index (χ1) is 9.85. The topological polar surface area (TPSA) is 107 Å². The zero-order valence-corrected chi connectivity index (χ0v) is 11.9. The molecule has 0 spiro atoms. The Bertz CT molecular complexity index is 598. The molecule has 1 aliphatic heterocycles. The summed E-state index contributed by atoms with van der Waals surface area (Å²) >= 11 is 5.71. The zero-order chi connectivity index (χ0) is 15.7. The third kappa shape index (κ3) is 2.80. The summed E-state index contributed by atoms with van der Waals surface area (Å²) < 4.78 is 0. The Morgan fingerprint density at radius 1 is 1.29 bits per heavy atom. The summed E-state index contributed by atoms with van der Waals surface area (Å²) in [5.41, 5.74) is -0.749. The molecule has 1 heterocycles. The van der Waals surface area contributed by atoms with Crippen molar-refractivity contribution in [1.82, 2.24) is 0 Å². The van der Waals surface area contributed by atoms with E-state index in [9.17, 15) is 25.0 Å². The van der Waals surface area contributed by atoms with Crippen LogP contribution >= 0.6 is 11.6 Å². The SMILES string of the molecule is Cc1cc([N+](=O)[O-])c(N2CC(CCl)CC2=O)c([N+](=O)[O-])c1. The summed E-state index contributed by atoms with van der Waals surface area (Å²) in [7, 11) is 0. The fourth-order valence-electron chi connectivity index (χ4n) is 2.40. The Labute approximate surface area is 124 Å². The molecule has 2 rings (SSSR count). The lowest BCUT2D eigenvalue weighted by molar-refractivity contribution is -0.392. The van der Waals surface area contributed by atoms with Gasteiger partial charge in [0.05, 0.1) is 9.85 Å². The highest BCUT2D eigenvalue weighted by Crippen LogP contribution is 2.41. The first-order valence-electron chi connectivity index (χ1n) is 6.15. The molecule has 21 heavy (non-hydrogen) atoms. The van der Waals surface area contributed by atoms with Gasteiger partial charge in [-0.3, -0.25) is 25.0 Å². The van der Waals surface area contributed by atoms with E-state index in [-0.39, 0.29) is 30.5 Å². The van der Waals surface area contributed by atoms with Crippen molar-refractivity contribution >= 4 is 34.6 Å². The van der Waals surface area contributed by atoms with Gasteiger partial charge in [-0.05, 0) is 18.4 Å². The van der Waals surface area contributed by atoms with Crippen LogP contribution in [0.1, 0.15) is 12.0 Å². The van der Waals surface area contributed by atoms with Gasteiger partial charge in [-0.25, -0.2) is 0 Å². The van der Waals surface area contributed by atoms with E-state index in [0.717, 1.165) is 4.90 Å². The molecule has 112 valence electrons. The van der Waals surface area contributed by atoms with Gasteiger partial charge in [0.1, 0.15) is 0 Å². The molecule has 1 atom stereocenters. The van der Waals surface area contributed by atoms with Crippen molar-refractivity contribution in [3.63, 3.8) is 0 Å². The molecule has 0 aliphatic carbocycles. The standard InChI is InChI=1S/C12H12ClN3O5/c1-7-2-9(15(18)19)12(10(3-7)16(20)21)14-6-8(5-13)4-11(14)17/h2-3,8H,4-6H2,1H3. The van der Waals surface area contributed by atoms with E-state index in [0.29, 0.717) is 5.56 Å². The number of nitro groups is 2. The first kappa shape index (κ1) is 15.2. The summed E-state index contributed by atoms with van der Waals surface area (Å²) in [4.78, 5) is 34.0. The van der Waals surface area contributed by atoms with Crippen molar-refractivity contribution in [3.8, 4) is 0 Å². The number of halogens is 1. The lowest BCUT2D eigenvalue weighted by Crippen LogP contribution is -2.26.